The van der Waals surface area contributed by atoms with Crippen molar-refractivity contribution in [2.24, 2.45) is 5.73 Å². The highest BCUT2D eigenvalue weighted by Crippen LogP contribution is 2.23. The van der Waals surface area contributed by atoms with Gasteiger partial charge in [0.25, 0.3) is 5.91 Å². The van der Waals surface area contributed by atoms with Crippen molar-refractivity contribution in [3.8, 4) is 0 Å². The van der Waals surface area contributed by atoms with Crippen LogP contribution in [0.2, 0.25) is 0 Å². The molecule has 0 radical (unpaired) electrons. The Morgan fingerprint density at radius 1 is 1.27 bits per heavy atom. The van der Waals surface area contributed by atoms with Crippen molar-refractivity contribution in [3.05, 3.63) is 24.3 Å². The van der Waals surface area contributed by atoms with Crippen LogP contribution < -0.4 is 11.1 Å². The monoisotopic (exact) mass is 405 g/mol. The molecule has 2 aliphatic heterocycles. The van der Waals surface area contributed by atoms with Crippen LogP contribution in [0.5, 0.6) is 0 Å². The Labute approximate surface area is 159 Å². The number of hydrogen-bond acceptors (Lipinski definition) is 6. The number of morpholine rings is 1. The summed E-state index contributed by atoms with van der Waals surface area (Å²) in [4.78, 5) is 12.4. The summed E-state index contributed by atoms with van der Waals surface area (Å²) in [5.74, 6) is -0.281. The minimum Gasteiger partial charge on any atom is -0.379 e. The molecule has 3 rings (SSSR count). The summed E-state index contributed by atoms with van der Waals surface area (Å²) in [5, 5.41) is 2.73. The van der Waals surface area contributed by atoms with E-state index < -0.39 is 16.1 Å². The van der Waals surface area contributed by atoms with Crippen molar-refractivity contribution in [2.45, 2.75) is 29.9 Å². The van der Waals surface area contributed by atoms with E-state index in [9.17, 15) is 13.2 Å². The van der Waals surface area contributed by atoms with Crippen LogP contribution in [0.3, 0.4) is 0 Å². The average Bonchev–Trinajstić information content (AvgIpc) is 3.12. The van der Waals surface area contributed by atoms with Crippen LogP contribution in [0.1, 0.15) is 12.8 Å². The van der Waals surface area contributed by atoms with Gasteiger partial charge in [0, 0.05) is 25.3 Å². The third-order valence-electron chi connectivity index (χ3n) is 4.37. The molecule has 0 saturated carbocycles. The largest absolute Gasteiger partial charge is 0.379 e. The SMILES string of the molecule is Cl.NC[C@H]1CC[C@@H](C(=O)Nc2cccc(S(=O)(=O)N3CCOCC3)c2)O1. The van der Waals surface area contributed by atoms with Gasteiger partial charge in [0.05, 0.1) is 24.2 Å². The summed E-state index contributed by atoms with van der Waals surface area (Å²) < 4.78 is 37.5. The fraction of sp³-hybridized carbons (Fsp3) is 0.562. The lowest BCUT2D eigenvalue weighted by atomic mass is 10.2. The first-order chi connectivity index (χ1) is 12.0. The summed E-state index contributed by atoms with van der Waals surface area (Å²) >= 11 is 0. The number of nitrogens with zero attached hydrogens (tertiary/aromatic N) is 1. The fourth-order valence-electron chi connectivity index (χ4n) is 2.97. The first kappa shape index (κ1) is 21.1. The maximum Gasteiger partial charge on any atom is 0.253 e. The molecule has 2 aliphatic rings. The first-order valence-corrected chi connectivity index (χ1v) is 9.79. The Morgan fingerprint density at radius 2 is 2.00 bits per heavy atom. The number of nitrogens with two attached hydrogens (primary N) is 1. The molecule has 2 atom stereocenters. The topological polar surface area (TPSA) is 111 Å². The quantitative estimate of drug-likeness (QED) is 0.741. The third kappa shape index (κ3) is 4.73. The number of benzene rings is 1. The molecule has 26 heavy (non-hydrogen) atoms. The summed E-state index contributed by atoms with van der Waals surface area (Å²) in [6.45, 7) is 1.82. The van der Waals surface area contributed by atoms with Gasteiger partial charge in [-0.05, 0) is 31.0 Å². The van der Waals surface area contributed by atoms with Crippen molar-refractivity contribution in [2.75, 3.05) is 38.2 Å². The Bertz CT molecular complexity index is 724. The van der Waals surface area contributed by atoms with Gasteiger partial charge in [0.2, 0.25) is 10.0 Å². The minimum atomic E-state index is -3.60. The standard InChI is InChI=1S/C16H23N3O5S.ClH/c17-11-13-4-5-15(24-13)16(20)18-12-2-1-3-14(10-12)25(21,22)19-6-8-23-9-7-19;/h1-3,10,13,15H,4-9,11,17H2,(H,18,20);1H/t13-,15+;/m1./s1. The highest BCUT2D eigenvalue weighted by atomic mass is 35.5. The number of amides is 1. The summed E-state index contributed by atoms with van der Waals surface area (Å²) in [6.07, 6.45) is 0.719. The van der Waals surface area contributed by atoms with E-state index >= 15 is 0 Å². The Hall–Kier alpha value is -1.23. The summed E-state index contributed by atoms with van der Waals surface area (Å²) in [6, 6.07) is 6.27. The predicted molar refractivity (Wildman–Crippen MR) is 98.8 cm³/mol. The van der Waals surface area contributed by atoms with Crippen LogP contribution >= 0.6 is 12.4 Å². The number of hydrogen-bond donors (Lipinski definition) is 2. The van der Waals surface area contributed by atoms with Gasteiger partial charge in [-0.1, -0.05) is 6.07 Å². The van der Waals surface area contributed by atoms with E-state index in [0.29, 0.717) is 45.0 Å². The van der Waals surface area contributed by atoms with Crippen LogP contribution in [-0.4, -0.2) is 63.7 Å². The number of rotatable bonds is 5. The van der Waals surface area contributed by atoms with E-state index in [0.717, 1.165) is 6.42 Å². The molecular weight excluding hydrogens is 382 g/mol. The number of sulfonamides is 1. The molecular formula is C16H24ClN3O5S. The molecule has 2 heterocycles. The zero-order valence-corrected chi connectivity index (χ0v) is 15.9. The van der Waals surface area contributed by atoms with Crippen molar-refractivity contribution in [3.63, 3.8) is 0 Å². The maximum absolute atomic E-state index is 12.7. The van der Waals surface area contributed by atoms with E-state index in [1.165, 1.54) is 16.4 Å². The molecule has 3 N–H and O–H groups in total. The Kier molecular flexibility index (Phi) is 7.39. The van der Waals surface area contributed by atoms with Crippen molar-refractivity contribution < 1.29 is 22.7 Å². The molecule has 2 fully saturated rings. The van der Waals surface area contributed by atoms with E-state index in [1.807, 2.05) is 0 Å². The molecule has 1 aromatic carbocycles. The number of carbonyl (C=O) groups excluding carboxylic acids is 1. The van der Waals surface area contributed by atoms with E-state index in [4.69, 9.17) is 15.2 Å². The van der Waals surface area contributed by atoms with Crippen molar-refractivity contribution in [1.82, 2.24) is 4.31 Å². The second-order valence-electron chi connectivity index (χ2n) is 6.09. The van der Waals surface area contributed by atoms with Crippen LogP contribution in [0.25, 0.3) is 0 Å². The molecule has 146 valence electrons. The second-order valence-corrected chi connectivity index (χ2v) is 8.03. The van der Waals surface area contributed by atoms with E-state index in [-0.39, 0.29) is 29.3 Å². The third-order valence-corrected chi connectivity index (χ3v) is 6.27. The lowest BCUT2D eigenvalue weighted by Crippen LogP contribution is -2.40. The lowest BCUT2D eigenvalue weighted by molar-refractivity contribution is -0.126. The van der Waals surface area contributed by atoms with Crippen molar-refractivity contribution >= 4 is 34.0 Å². The molecule has 0 spiro atoms. The number of anilines is 1. The second kappa shape index (κ2) is 9.12. The van der Waals surface area contributed by atoms with Crippen LogP contribution in [0.4, 0.5) is 5.69 Å². The highest BCUT2D eigenvalue weighted by molar-refractivity contribution is 7.89. The minimum absolute atomic E-state index is 0. The molecule has 0 bridgehead atoms. The van der Waals surface area contributed by atoms with Gasteiger partial charge < -0.3 is 20.5 Å². The van der Waals surface area contributed by atoms with E-state index in [1.54, 1.807) is 12.1 Å². The predicted octanol–water partition coefficient (Wildman–Crippen LogP) is 0.574. The van der Waals surface area contributed by atoms with Gasteiger partial charge >= 0.3 is 0 Å². The molecule has 10 heteroatoms. The van der Waals surface area contributed by atoms with Crippen LogP contribution in [0, 0.1) is 0 Å². The van der Waals surface area contributed by atoms with E-state index in [2.05, 4.69) is 5.32 Å². The molecule has 0 aromatic heterocycles. The molecule has 1 aromatic rings. The highest BCUT2D eigenvalue weighted by Gasteiger charge is 2.30. The zero-order chi connectivity index (χ0) is 17.9. The fourth-order valence-corrected chi connectivity index (χ4v) is 4.42. The van der Waals surface area contributed by atoms with Gasteiger partial charge in [-0.15, -0.1) is 12.4 Å². The molecule has 0 aliphatic carbocycles. The summed E-state index contributed by atoms with van der Waals surface area (Å²) in [7, 11) is -3.60. The molecule has 8 nitrogen and oxygen atoms in total. The van der Waals surface area contributed by atoms with Gasteiger partial charge in [-0.25, -0.2) is 8.42 Å². The van der Waals surface area contributed by atoms with Crippen LogP contribution in [-0.2, 0) is 24.3 Å². The first-order valence-electron chi connectivity index (χ1n) is 8.35. The average molecular weight is 406 g/mol. The normalized spacial score (nSPS) is 24.0. The Balaban J connectivity index is 0.00000243. The van der Waals surface area contributed by atoms with Gasteiger partial charge in [-0.3, -0.25) is 4.79 Å². The van der Waals surface area contributed by atoms with Gasteiger partial charge in [0.1, 0.15) is 6.10 Å². The number of nitrogens with one attached hydrogen (secondary N) is 1. The maximum atomic E-state index is 12.7. The van der Waals surface area contributed by atoms with Crippen LogP contribution in [0.15, 0.2) is 29.2 Å². The van der Waals surface area contributed by atoms with Gasteiger partial charge in [-0.2, -0.15) is 4.31 Å². The number of carbonyl (C=O) groups is 1. The molecule has 1 amide bonds. The molecule has 2 saturated heterocycles. The Morgan fingerprint density at radius 3 is 2.65 bits per heavy atom. The summed E-state index contributed by atoms with van der Waals surface area (Å²) in [5.41, 5.74) is 5.98. The number of ether oxygens (including phenoxy) is 2. The van der Waals surface area contributed by atoms with Gasteiger partial charge in [0.15, 0.2) is 0 Å². The molecule has 0 unspecified atom stereocenters. The zero-order valence-electron chi connectivity index (χ0n) is 14.3. The lowest BCUT2D eigenvalue weighted by Gasteiger charge is -2.26. The number of halogens is 1. The van der Waals surface area contributed by atoms with Crippen molar-refractivity contribution in [1.29, 1.82) is 0 Å². The smallest absolute Gasteiger partial charge is 0.253 e.